The van der Waals surface area contributed by atoms with Gasteiger partial charge >= 0.3 is 5.69 Å². The van der Waals surface area contributed by atoms with Crippen LogP contribution in [0.15, 0.2) is 33.9 Å². The van der Waals surface area contributed by atoms with Gasteiger partial charge < -0.3 is 5.11 Å². The Morgan fingerprint density at radius 2 is 2.05 bits per heavy atom. The predicted molar refractivity (Wildman–Crippen MR) is 75.9 cm³/mol. The molecule has 1 saturated carbocycles. The number of halogens is 1. The Morgan fingerprint density at radius 1 is 1.33 bits per heavy atom. The first-order valence-corrected chi connectivity index (χ1v) is 6.77. The van der Waals surface area contributed by atoms with Crippen LogP contribution in [0.2, 0.25) is 0 Å². The third-order valence-corrected chi connectivity index (χ3v) is 4.17. The quantitative estimate of drug-likeness (QED) is 0.887. The molecule has 0 unspecified atom stereocenters. The van der Waals surface area contributed by atoms with Crippen LogP contribution in [0.1, 0.15) is 26.2 Å². The molecule has 0 saturated heterocycles. The molecule has 0 spiro atoms. The van der Waals surface area contributed by atoms with Crippen molar-refractivity contribution in [2.24, 2.45) is 0 Å². The molecule has 0 aliphatic heterocycles. The molecule has 5 nitrogen and oxygen atoms in total. The third kappa shape index (κ3) is 2.07. The Morgan fingerprint density at radius 3 is 2.62 bits per heavy atom. The lowest BCUT2D eigenvalue weighted by atomic mass is 9.78. The van der Waals surface area contributed by atoms with E-state index in [1.54, 1.807) is 0 Å². The second kappa shape index (κ2) is 4.58. The normalized spacial score (nSPS) is 16.5. The highest BCUT2D eigenvalue weighted by molar-refractivity contribution is 5.67. The fourth-order valence-corrected chi connectivity index (χ4v) is 2.84. The van der Waals surface area contributed by atoms with Crippen LogP contribution in [0.5, 0.6) is 5.88 Å². The van der Waals surface area contributed by atoms with E-state index in [9.17, 15) is 19.1 Å². The van der Waals surface area contributed by atoms with Gasteiger partial charge in [-0.15, -0.1) is 0 Å². The number of aromatic hydroxyl groups is 1. The summed E-state index contributed by atoms with van der Waals surface area (Å²) in [7, 11) is 0. The van der Waals surface area contributed by atoms with Gasteiger partial charge in [0.2, 0.25) is 5.88 Å². The number of H-pyrrole nitrogens is 1. The topological polar surface area (TPSA) is 75.1 Å². The molecule has 1 aliphatic carbocycles. The molecule has 2 aromatic rings. The summed E-state index contributed by atoms with van der Waals surface area (Å²) >= 11 is 0. The van der Waals surface area contributed by atoms with Gasteiger partial charge in [-0.3, -0.25) is 14.3 Å². The minimum Gasteiger partial charge on any atom is -0.494 e. The highest BCUT2D eigenvalue weighted by Crippen LogP contribution is 2.41. The van der Waals surface area contributed by atoms with Crippen molar-refractivity contribution < 1.29 is 9.50 Å². The van der Waals surface area contributed by atoms with Gasteiger partial charge in [-0.25, -0.2) is 9.18 Å². The van der Waals surface area contributed by atoms with E-state index in [0.29, 0.717) is 0 Å². The summed E-state index contributed by atoms with van der Waals surface area (Å²) in [5.41, 5.74) is -1.71. The molecule has 0 amide bonds. The lowest BCUT2D eigenvalue weighted by molar-refractivity contribution is 0.144. The Labute approximate surface area is 119 Å². The lowest BCUT2D eigenvalue weighted by Gasteiger charge is -2.40. The second-order valence-electron chi connectivity index (χ2n) is 5.65. The van der Waals surface area contributed by atoms with E-state index in [2.05, 4.69) is 4.98 Å². The summed E-state index contributed by atoms with van der Waals surface area (Å²) in [6.45, 7) is 1.85. The average Bonchev–Trinajstić information content (AvgIpc) is 2.36. The van der Waals surface area contributed by atoms with Gasteiger partial charge in [0.25, 0.3) is 5.56 Å². The molecule has 110 valence electrons. The van der Waals surface area contributed by atoms with Crippen molar-refractivity contribution in [3.05, 3.63) is 50.9 Å². The first kappa shape index (κ1) is 13.6. The zero-order valence-electron chi connectivity index (χ0n) is 11.5. The van der Waals surface area contributed by atoms with Crippen LogP contribution in [0, 0.1) is 5.82 Å². The van der Waals surface area contributed by atoms with Crippen LogP contribution in [0.3, 0.4) is 0 Å². The SMILES string of the molecule is CC1(n2c(O)c(-c3cccc(F)c3)c(=O)[nH]c2=O)CCC1. The number of aromatic nitrogens is 2. The van der Waals surface area contributed by atoms with Crippen molar-refractivity contribution in [2.45, 2.75) is 31.7 Å². The maximum atomic E-state index is 13.3. The number of hydrogen-bond acceptors (Lipinski definition) is 3. The molecule has 1 aliphatic rings. The van der Waals surface area contributed by atoms with E-state index in [-0.39, 0.29) is 11.1 Å². The van der Waals surface area contributed by atoms with Crippen LogP contribution < -0.4 is 11.2 Å². The average molecular weight is 290 g/mol. The molecule has 0 radical (unpaired) electrons. The number of aromatic amines is 1. The van der Waals surface area contributed by atoms with Gasteiger partial charge in [-0.1, -0.05) is 12.1 Å². The van der Waals surface area contributed by atoms with Crippen molar-refractivity contribution in [2.75, 3.05) is 0 Å². The first-order chi connectivity index (χ1) is 9.92. The van der Waals surface area contributed by atoms with E-state index in [1.807, 2.05) is 6.92 Å². The third-order valence-electron chi connectivity index (χ3n) is 4.17. The minimum atomic E-state index is -0.720. The zero-order valence-corrected chi connectivity index (χ0v) is 11.5. The molecule has 3 rings (SSSR count). The van der Waals surface area contributed by atoms with Gasteiger partial charge in [-0.05, 0) is 43.9 Å². The predicted octanol–water partition coefficient (Wildman–Crippen LogP) is 1.95. The number of nitrogens with zero attached hydrogens (tertiary/aromatic N) is 1. The van der Waals surface area contributed by atoms with Gasteiger partial charge in [0, 0.05) is 5.54 Å². The van der Waals surface area contributed by atoms with Crippen molar-refractivity contribution in [1.82, 2.24) is 9.55 Å². The van der Waals surface area contributed by atoms with Crippen molar-refractivity contribution in [3.63, 3.8) is 0 Å². The van der Waals surface area contributed by atoms with Crippen LogP contribution >= 0.6 is 0 Å². The Hall–Kier alpha value is -2.37. The molecule has 1 aromatic heterocycles. The first-order valence-electron chi connectivity index (χ1n) is 6.77. The van der Waals surface area contributed by atoms with Gasteiger partial charge in [0.15, 0.2) is 0 Å². The summed E-state index contributed by atoms with van der Waals surface area (Å²) in [6, 6.07) is 5.37. The summed E-state index contributed by atoms with van der Waals surface area (Å²) in [6.07, 6.45) is 2.45. The largest absolute Gasteiger partial charge is 0.494 e. The summed E-state index contributed by atoms with van der Waals surface area (Å²) in [4.78, 5) is 26.2. The Bertz CT molecular complexity index is 818. The molecule has 6 heteroatoms. The van der Waals surface area contributed by atoms with Crippen LogP contribution in [0.25, 0.3) is 11.1 Å². The number of benzene rings is 1. The number of nitrogens with one attached hydrogen (secondary N) is 1. The Balaban J connectivity index is 2.29. The summed E-state index contributed by atoms with van der Waals surface area (Å²) < 4.78 is 14.6. The van der Waals surface area contributed by atoms with E-state index >= 15 is 0 Å². The molecular weight excluding hydrogens is 275 g/mol. The summed E-state index contributed by atoms with van der Waals surface area (Å²) in [5.74, 6) is -0.921. The van der Waals surface area contributed by atoms with E-state index in [1.165, 1.54) is 22.8 Å². The van der Waals surface area contributed by atoms with Gasteiger partial charge in [-0.2, -0.15) is 0 Å². The Kier molecular flexibility index (Phi) is 2.97. The standard InChI is InChI=1S/C15H15FN2O3/c1-15(6-3-7-15)18-13(20)11(12(19)17-14(18)21)9-4-2-5-10(16)8-9/h2,4-5,8,20H,3,6-7H2,1H3,(H,17,19,21). The van der Waals surface area contributed by atoms with Crippen LogP contribution in [0.4, 0.5) is 4.39 Å². The minimum absolute atomic E-state index is 0.0813. The van der Waals surface area contributed by atoms with Crippen molar-refractivity contribution >= 4 is 0 Å². The van der Waals surface area contributed by atoms with E-state index in [4.69, 9.17) is 0 Å². The maximum Gasteiger partial charge on any atom is 0.331 e. The van der Waals surface area contributed by atoms with Crippen LogP contribution in [-0.2, 0) is 5.54 Å². The molecule has 0 bridgehead atoms. The van der Waals surface area contributed by atoms with E-state index in [0.717, 1.165) is 25.3 Å². The maximum absolute atomic E-state index is 13.3. The molecule has 21 heavy (non-hydrogen) atoms. The van der Waals surface area contributed by atoms with E-state index < -0.39 is 28.5 Å². The van der Waals surface area contributed by atoms with Crippen LogP contribution in [-0.4, -0.2) is 14.7 Å². The molecule has 1 fully saturated rings. The van der Waals surface area contributed by atoms with Gasteiger partial charge in [0.05, 0.1) is 0 Å². The fourth-order valence-electron chi connectivity index (χ4n) is 2.84. The molecule has 1 aromatic carbocycles. The summed E-state index contributed by atoms with van der Waals surface area (Å²) in [5, 5.41) is 10.4. The second-order valence-corrected chi connectivity index (χ2v) is 5.65. The lowest BCUT2D eigenvalue weighted by Crippen LogP contribution is -2.46. The van der Waals surface area contributed by atoms with Crippen molar-refractivity contribution in [1.29, 1.82) is 0 Å². The molecule has 1 heterocycles. The zero-order chi connectivity index (χ0) is 15.2. The molecule has 2 N–H and O–H groups in total. The van der Waals surface area contributed by atoms with Gasteiger partial charge in [0.1, 0.15) is 11.4 Å². The number of hydrogen-bond donors (Lipinski definition) is 2. The van der Waals surface area contributed by atoms with Crippen molar-refractivity contribution in [3.8, 4) is 17.0 Å². The molecular formula is C15H15FN2O3. The highest BCUT2D eigenvalue weighted by Gasteiger charge is 2.37. The smallest absolute Gasteiger partial charge is 0.331 e. The number of rotatable bonds is 2. The fraction of sp³-hybridized carbons (Fsp3) is 0.333. The monoisotopic (exact) mass is 290 g/mol. The molecule has 0 atom stereocenters. The highest BCUT2D eigenvalue weighted by atomic mass is 19.1.